The van der Waals surface area contributed by atoms with Crippen LogP contribution in [0.5, 0.6) is 0 Å². The fourth-order valence-electron chi connectivity index (χ4n) is 0.834. The normalized spacial score (nSPS) is 9.92. The molecule has 2 heterocycles. The molecule has 13 heavy (non-hydrogen) atoms. The highest BCUT2D eigenvalue weighted by molar-refractivity contribution is 8.00. The van der Waals surface area contributed by atoms with Crippen molar-refractivity contribution in [2.24, 2.45) is 0 Å². The molecule has 4 nitrogen and oxygen atoms in total. The zero-order valence-corrected chi connectivity index (χ0v) is 9.05. The number of hydrogen-bond acceptors (Lipinski definition) is 5. The molecule has 0 aliphatic rings. The van der Waals surface area contributed by atoms with Crippen LogP contribution in [0.3, 0.4) is 0 Å². The fourth-order valence-corrected chi connectivity index (χ4v) is 2.23. The van der Waals surface area contributed by atoms with Gasteiger partial charge in [-0.15, -0.1) is 12.4 Å². The average Bonchev–Trinajstić information content (AvgIpc) is 2.49. The highest BCUT2D eigenvalue weighted by Gasteiger charge is 2.05. The van der Waals surface area contributed by atoms with Crippen molar-refractivity contribution in [3.8, 4) is 0 Å². The predicted octanol–water partition coefficient (Wildman–Crippen LogP) is 1.52. The van der Waals surface area contributed by atoms with E-state index in [9.17, 15) is 4.79 Å². The van der Waals surface area contributed by atoms with Crippen molar-refractivity contribution in [1.29, 1.82) is 0 Å². The highest BCUT2D eigenvalue weighted by atomic mass is 35.5. The van der Waals surface area contributed by atoms with Gasteiger partial charge in [-0.2, -0.15) is 0 Å². The van der Waals surface area contributed by atoms with Crippen molar-refractivity contribution < 1.29 is 0 Å². The molecule has 0 amide bonds. The molecule has 0 fully saturated rings. The number of aromatic amines is 1. The predicted molar refractivity (Wildman–Crippen MR) is 57.1 cm³/mol. The minimum atomic E-state index is -0.170. The van der Waals surface area contributed by atoms with Crippen LogP contribution in [0.25, 0.3) is 10.3 Å². The van der Waals surface area contributed by atoms with Crippen LogP contribution in [0.2, 0.25) is 0 Å². The Hall–Kier alpha value is -0.590. The second kappa shape index (κ2) is 4.08. The minimum absolute atomic E-state index is 0. The summed E-state index contributed by atoms with van der Waals surface area (Å²) in [6.45, 7) is 0. The first-order valence-corrected chi connectivity index (χ1v) is 5.23. The van der Waals surface area contributed by atoms with E-state index < -0.39 is 0 Å². The van der Waals surface area contributed by atoms with Crippen LogP contribution >= 0.6 is 35.5 Å². The van der Waals surface area contributed by atoms with E-state index in [0.717, 1.165) is 4.34 Å². The number of nitrogens with zero attached hydrogens (tertiary/aromatic N) is 2. The van der Waals surface area contributed by atoms with E-state index in [0.29, 0.717) is 10.3 Å². The van der Waals surface area contributed by atoms with E-state index in [4.69, 9.17) is 0 Å². The lowest BCUT2D eigenvalue weighted by atomic mass is 10.6. The first kappa shape index (κ1) is 10.5. The van der Waals surface area contributed by atoms with Crippen molar-refractivity contribution in [1.82, 2.24) is 15.0 Å². The number of aromatic nitrogens is 3. The van der Waals surface area contributed by atoms with E-state index in [1.165, 1.54) is 29.4 Å². The van der Waals surface area contributed by atoms with Gasteiger partial charge in [0.05, 0.1) is 6.33 Å². The number of fused-ring (bicyclic) bond motifs is 1. The molecule has 0 aliphatic heterocycles. The molecule has 70 valence electrons. The van der Waals surface area contributed by atoms with Gasteiger partial charge in [0, 0.05) is 0 Å². The Balaban J connectivity index is 0.000000845. The number of hydrogen-bond donors (Lipinski definition) is 1. The Labute approximate surface area is 88.2 Å². The summed E-state index contributed by atoms with van der Waals surface area (Å²) < 4.78 is 0.870. The first-order chi connectivity index (χ1) is 5.81. The summed E-state index contributed by atoms with van der Waals surface area (Å²) in [5, 5.41) is 0. The SMILES string of the molecule is CSc1nc2c(=O)[nH]cnc2s1.Cl. The van der Waals surface area contributed by atoms with Crippen LogP contribution in [0.4, 0.5) is 0 Å². The topological polar surface area (TPSA) is 58.6 Å². The molecule has 0 atom stereocenters. The first-order valence-electron chi connectivity index (χ1n) is 3.19. The third kappa shape index (κ3) is 1.84. The van der Waals surface area contributed by atoms with Crippen molar-refractivity contribution in [3.05, 3.63) is 16.7 Å². The summed E-state index contributed by atoms with van der Waals surface area (Å²) in [6.07, 6.45) is 3.32. The molecule has 2 aromatic rings. The van der Waals surface area contributed by atoms with Crippen molar-refractivity contribution in [2.75, 3.05) is 6.26 Å². The largest absolute Gasteiger partial charge is 0.311 e. The lowest BCUT2D eigenvalue weighted by Crippen LogP contribution is -2.05. The molecule has 0 bridgehead atoms. The van der Waals surface area contributed by atoms with Crippen molar-refractivity contribution >= 4 is 45.9 Å². The molecule has 0 spiro atoms. The molecule has 0 aromatic carbocycles. The van der Waals surface area contributed by atoms with E-state index in [-0.39, 0.29) is 18.0 Å². The van der Waals surface area contributed by atoms with E-state index in [1.807, 2.05) is 6.26 Å². The summed E-state index contributed by atoms with van der Waals surface area (Å²) in [5.74, 6) is 0. The van der Waals surface area contributed by atoms with Gasteiger partial charge in [-0.1, -0.05) is 23.1 Å². The molecule has 2 rings (SSSR count). The molecule has 0 radical (unpaired) electrons. The average molecular weight is 236 g/mol. The van der Waals surface area contributed by atoms with Crippen LogP contribution < -0.4 is 5.56 Å². The Kier molecular flexibility index (Phi) is 3.29. The Morgan fingerprint density at radius 1 is 1.62 bits per heavy atom. The monoisotopic (exact) mass is 235 g/mol. The molecule has 2 aromatic heterocycles. The molecule has 0 saturated carbocycles. The summed E-state index contributed by atoms with van der Waals surface area (Å²) >= 11 is 2.95. The maximum absolute atomic E-state index is 11.1. The van der Waals surface area contributed by atoms with Crippen LogP contribution in [0, 0.1) is 0 Å². The molecule has 1 N–H and O–H groups in total. The van der Waals surface area contributed by atoms with E-state index in [2.05, 4.69) is 15.0 Å². The number of thioether (sulfide) groups is 1. The van der Waals surface area contributed by atoms with Gasteiger partial charge in [0.2, 0.25) is 0 Å². The van der Waals surface area contributed by atoms with E-state index >= 15 is 0 Å². The van der Waals surface area contributed by atoms with Gasteiger partial charge in [0.15, 0.2) is 14.7 Å². The van der Waals surface area contributed by atoms with E-state index in [1.54, 1.807) is 0 Å². The highest BCUT2D eigenvalue weighted by Crippen LogP contribution is 2.23. The molecule has 7 heteroatoms. The number of halogens is 1. The van der Waals surface area contributed by atoms with Crippen LogP contribution in [-0.4, -0.2) is 21.2 Å². The van der Waals surface area contributed by atoms with Crippen LogP contribution in [-0.2, 0) is 0 Å². The van der Waals surface area contributed by atoms with Gasteiger partial charge in [-0.3, -0.25) is 4.79 Å². The minimum Gasteiger partial charge on any atom is -0.311 e. The van der Waals surface area contributed by atoms with Crippen molar-refractivity contribution in [3.63, 3.8) is 0 Å². The Morgan fingerprint density at radius 3 is 3.00 bits per heavy atom. The number of rotatable bonds is 1. The molecule has 0 aliphatic carbocycles. The zero-order valence-electron chi connectivity index (χ0n) is 6.60. The maximum Gasteiger partial charge on any atom is 0.278 e. The molecule has 0 unspecified atom stereocenters. The summed E-state index contributed by atoms with van der Waals surface area (Å²) in [4.78, 5) is 22.4. The number of H-pyrrole nitrogens is 1. The van der Waals surface area contributed by atoms with Crippen LogP contribution in [0.15, 0.2) is 15.5 Å². The third-order valence-corrected chi connectivity index (χ3v) is 3.31. The molecular weight excluding hydrogens is 230 g/mol. The lowest BCUT2D eigenvalue weighted by Gasteiger charge is -1.81. The maximum atomic E-state index is 11.1. The lowest BCUT2D eigenvalue weighted by molar-refractivity contribution is 1.15. The summed E-state index contributed by atoms with van der Waals surface area (Å²) in [7, 11) is 0. The number of nitrogens with one attached hydrogen (secondary N) is 1. The van der Waals surface area contributed by atoms with Crippen molar-refractivity contribution in [2.45, 2.75) is 4.34 Å². The van der Waals surface area contributed by atoms with Gasteiger partial charge in [-0.05, 0) is 6.26 Å². The second-order valence-electron chi connectivity index (χ2n) is 2.07. The number of thiazole rings is 1. The van der Waals surface area contributed by atoms with Gasteiger partial charge >= 0.3 is 0 Å². The van der Waals surface area contributed by atoms with Gasteiger partial charge in [-0.25, -0.2) is 9.97 Å². The Bertz CT molecular complexity index is 466. The van der Waals surface area contributed by atoms with Gasteiger partial charge in [0.1, 0.15) is 0 Å². The summed E-state index contributed by atoms with van der Waals surface area (Å²) in [6, 6.07) is 0. The molecule has 0 saturated heterocycles. The van der Waals surface area contributed by atoms with Gasteiger partial charge < -0.3 is 4.98 Å². The standard InChI is InChI=1S/C6H5N3OS2.ClH/c1-11-6-9-3-4(10)7-2-8-5(3)12-6;/h2H,1H3,(H,7,8,10);1H. The second-order valence-corrected chi connectivity index (χ2v) is 4.10. The fraction of sp³-hybridized carbons (Fsp3) is 0.167. The quantitative estimate of drug-likeness (QED) is 0.762. The summed E-state index contributed by atoms with van der Waals surface area (Å²) in [5.41, 5.74) is 0.267. The van der Waals surface area contributed by atoms with Crippen LogP contribution in [0.1, 0.15) is 0 Å². The smallest absolute Gasteiger partial charge is 0.278 e. The molecular formula is C6H6ClN3OS2. The van der Waals surface area contributed by atoms with Gasteiger partial charge in [0.25, 0.3) is 5.56 Å². The third-order valence-electron chi connectivity index (χ3n) is 1.36. The Morgan fingerprint density at radius 2 is 2.38 bits per heavy atom. The zero-order chi connectivity index (χ0) is 8.55.